The second kappa shape index (κ2) is 7.11. The van der Waals surface area contributed by atoms with Gasteiger partial charge in [0.05, 0.1) is 17.1 Å². The smallest absolute Gasteiger partial charge is 0.261 e. The lowest BCUT2D eigenvalue weighted by Gasteiger charge is -2.35. The number of nitrogens with one attached hydrogen (secondary N) is 1. The molecule has 2 heterocycles. The summed E-state index contributed by atoms with van der Waals surface area (Å²) < 4.78 is 5.74. The molecule has 5 heteroatoms. The van der Waals surface area contributed by atoms with Crippen LogP contribution in [0.5, 0.6) is 0 Å². The number of ether oxygens (including phenoxy) is 1. The molecule has 1 aliphatic heterocycles. The fourth-order valence-corrected chi connectivity index (χ4v) is 4.67. The first-order valence-electron chi connectivity index (χ1n) is 8.39. The van der Waals surface area contributed by atoms with Crippen LogP contribution in [0.4, 0.5) is 0 Å². The molecule has 0 saturated carbocycles. The molecule has 1 fully saturated rings. The van der Waals surface area contributed by atoms with Crippen molar-refractivity contribution in [1.82, 2.24) is 10.2 Å². The van der Waals surface area contributed by atoms with Crippen LogP contribution in [0.25, 0.3) is 0 Å². The number of hydrogen-bond donors (Lipinski definition) is 1. The molecule has 2 atom stereocenters. The normalized spacial score (nSPS) is 25.2. The molecule has 1 saturated heterocycles. The lowest BCUT2D eigenvalue weighted by molar-refractivity contribution is -0.0679. The Bertz CT molecular complexity index is 497. The van der Waals surface area contributed by atoms with Gasteiger partial charge in [-0.05, 0) is 51.2 Å². The van der Waals surface area contributed by atoms with E-state index in [1.165, 1.54) is 16.9 Å². The Morgan fingerprint density at radius 1 is 1.36 bits per heavy atom. The fraction of sp³-hybridized carbons (Fsp3) is 0.706. The highest BCUT2D eigenvalue weighted by Gasteiger charge is 2.22. The molecule has 1 aromatic heterocycles. The largest absolute Gasteiger partial charge is 0.373 e. The summed E-state index contributed by atoms with van der Waals surface area (Å²) in [7, 11) is 0. The highest BCUT2D eigenvalue weighted by molar-refractivity contribution is 7.14. The van der Waals surface area contributed by atoms with Crippen molar-refractivity contribution in [3.8, 4) is 0 Å². The van der Waals surface area contributed by atoms with Gasteiger partial charge in [-0.25, -0.2) is 0 Å². The van der Waals surface area contributed by atoms with Gasteiger partial charge in [-0.2, -0.15) is 0 Å². The Kier molecular flexibility index (Phi) is 5.16. The first-order chi connectivity index (χ1) is 10.6. The number of aryl methyl sites for hydroxylation is 2. The number of nitrogens with zero attached hydrogens (tertiary/aromatic N) is 1. The minimum Gasteiger partial charge on any atom is -0.373 e. The minimum absolute atomic E-state index is 0.100. The van der Waals surface area contributed by atoms with E-state index in [0.717, 1.165) is 50.3 Å². The average Bonchev–Trinajstić information content (AvgIpc) is 3.03. The Labute approximate surface area is 136 Å². The summed E-state index contributed by atoms with van der Waals surface area (Å²) in [5, 5.41) is 3.06. The molecule has 0 radical (unpaired) electrons. The zero-order chi connectivity index (χ0) is 15.5. The third-order valence-electron chi connectivity index (χ3n) is 4.40. The summed E-state index contributed by atoms with van der Waals surface area (Å²) in [4.78, 5) is 16.9. The topological polar surface area (TPSA) is 41.6 Å². The van der Waals surface area contributed by atoms with Crippen LogP contribution in [-0.2, 0) is 17.6 Å². The van der Waals surface area contributed by atoms with Crippen molar-refractivity contribution >= 4 is 17.2 Å². The van der Waals surface area contributed by atoms with Crippen molar-refractivity contribution in [1.29, 1.82) is 0 Å². The number of carbonyl (C=O) groups excluding carboxylic acids is 1. The number of rotatable bonds is 5. The van der Waals surface area contributed by atoms with Crippen molar-refractivity contribution in [3.63, 3.8) is 0 Å². The minimum atomic E-state index is 0.100. The predicted octanol–water partition coefficient (Wildman–Crippen LogP) is 2.47. The molecule has 1 aromatic rings. The summed E-state index contributed by atoms with van der Waals surface area (Å²) in [6.45, 7) is 8.02. The van der Waals surface area contributed by atoms with Crippen LogP contribution in [0.3, 0.4) is 0 Å². The van der Waals surface area contributed by atoms with Crippen LogP contribution < -0.4 is 5.32 Å². The van der Waals surface area contributed by atoms with Gasteiger partial charge in [-0.3, -0.25) is 9.69 Å². The van der Waals surface area contributed by atoms with Crippen molar-refractivity contribution in [3.05, 3.63) is 21.4 Å². The van der Waals surface area contributed by atoms with Crippen LogP contribution in [0, 0.1) is 0 Å². The third kappa shape index (κ3) is 3.89. The van der Waals surface area contributed by atoms with E-state index >= 15 is 0 Å². The summed E-state index contributed by atoms with van der Waals surface area (Å²) in [6, 6.07) is 2.09. The molecule has 0 unspecified atom stereocenters. The van der Waals surface area contributed by atoms with Crippen molar-refractivity contribution in [2.75, 3.05) is 26.2 Å². The van der Waals surface area contributed by atoms with Gasteiger partial charge in [-0.1, -0.05) is 0 Å². The summed E-state index contributed by atoms with van der Waals surface area (Å²) in [5.41, 5.74) is 1.39. The molecule has 0 aromatic carbocycles. The lowest BCUT2D eigenvalue weighted by Crippen LogP contribution is -2.46. The third-order valence-corrected chi connectivity index (χ3v) is 5.64. The molecule has 22 heavy (non-hydrogen) atoms. The van der Waals surface area contributed by atoms with Gasteiger partial charge in [0.1, 0.15) is 0 Å². The number of carbonyl (C=O) groups is 1. The van der Waals surface area contributed by atoms with E-state index in [1.54, 1.807) is 11.3 Å². The molecule has 2 aliphatic rings. The highest BCUT2D eigenvalue weighted by atomic mass is 32.1. The molecular formula is C17H26N2O2S. The molecule has 122 valence electrons. The number of amides is 1. The van der Waals surface area contributed by atoms with Gasteiger partial charge in [0.2, 0.25) is 0 Å². The summed E-state index contributed by atoms with van der Waals surface area (Å²) in [5.74, 6) is 0.100. The van der Waals surface area contributed by atoms with E-state index in [9.17, 15) is 4.79 Å². The summed E-state index contributed by atoms with van der Waals surface area (Å²) in [6.07, 6.45) is 5.17. The Balaban J connectivity index is 1.38. The number of fused-ring (bicyclic) bond motifs is 1. The van der Waals surface area contributed by atoms with Gasteiger partial charge >= 0.3 is 0 Å². The van der Waals surface area contributed by atoms with E-state index in [2.05, 4.69) is 30.1 Å². The monoisotopic (exact) mass is 322 g/mol. The first kappa shape index (κ1) is 16.0. The number of thiophene rings is 1. The average molecular weight is 322 g/mol. The fourth-order valence-electron chi connectivity index (χ4n) is 3.50. The highest BCUT2D eigenvalue weighted by Crippen LogP contribution is 2.30. The quantitative estimate of drug-likeness (QED) is 0.847. The van der Waals surface area contributed by atoms with Crippen molar-refractivity contribution < 1.29 is 9.53 Å². The van der Waals surface area contributed by atoms with Gasteiger partial charge in [0.25, 0.3) is 5.91 Å². The van der Waals surface area contributed by atoms with Crippen LogP contribution in [-0.4, -0.2) is 49.2 Å². The molecule has 0 spiro atoms. The van der Waals surface area contributed by atoms with Gasteiger partial charge in [-0.15, -0.1) is 11.3 Å². The molecule has 4 nitrogen and oxygen atoms in total. The van der Waals surface area contributed by atoms with Crippen LogP contribution in [0.2, 0.25) is 0 Å². The molecule has 0 bridgehead atoms. The second-order valence-corrected chi connectivity index (χ2v) is 7.68. The van der Waals surface area contributed by atoms with E-state index in [-0.39, 0.29) is 5.91 Å². The van der Waals surface area contributed by atoms with Gasteiger partial charge < -0.3 is 10.1 Å². The summed E-state index contributed by atoms with van der Waals surface area (Å²) >= 11 is 1.68. The molecule has 3 rings (SSSR count). The Morgan fingerprint density at radius 2 is 2.14 bits per heavy atom. The van der Waals surface area contributed by atoms with E-state index in [1.807, 2.05) is 0 Å². The number of morpholine rings is 1. The number of hydrogen-bond acceptors (Lipinski definition) is 4. The maximum atomic E-state index is 12.2. The van der Waals surface area contributed by atoms with E-state index in [4.69, 9.17) is 4.74 Å². The maximum absolute atomic E-state index is 12.2. The van der Waals surface area contributed by atoms with E-state index in [0.29, 0.717) is 12.2 Å². The van der Waals surface area contributed by atoms with Gasteiger partial charge in [0.15, 0.2) is 0 Å². The Morgan fingerprint density at radius 3 is 2.86 bits per heavy atom. The van der Waals surface area contributed by atoms with Crippen molar-refractivity contribution in [2.24, 2.45) is 0 Å². The van der Waals surface area contributed by atoms with Crippen molar-refractivity contribution in [2.45, 2.75) is 51.7 Å². The molecule has 1 aliphatic carbocycles. The molecule has 1 N–H and O–H groups in total. The van der Waals surface area contributed by atoms with Crippen LogP contribution >= 0.6 is 11.3 Å². The Hall–Kier alpha value is -0.910. The molecule has 1 amide bonds. The van der Waals surface area contributed by atoms with E-state index < -0.39 is 0 Å². The lowest BCUT2D eigenvalue weighted by atomic mass is 10.2. The van der Waals surface area contributed by atoms with Gasteiger partial charge in [0, 0.05) is 31.1 Å². The van der Waals surface area contributed by atoms with Crippen LogP contribution in [0.1, 0.15) is 46.8 Å². The van der Waals surface area contributed by atoms with Crippen LogP contribution in [0.15, 0.2) is 6.07 Å². The predicted molar refractivity (Wildman–Crippen MR) is 89.7 cm³/mol. The molecular weight excluding hydrogens is 296 g/mol. The maximum Gasteiger partial charge on any atom is 0.261 e. The standard InChI is InChI=1S/C17H26N2O2S/c1-12-10-19(11-13(2)21-12)8-4-7-18-17(20)16-9-14-5-3-6-15(14)22-16/h9,12-13H,3-8,10-11H2,1-2H3,(H,18,20)/t12-,13-/m0/s1. The zero-order valence-electron chi connectivity index (χ0n) is 13.6. The zero-order valence-corrected chi connectivity index (χ0v) is 14.4. The second-order valence-electron chi connectivity index (χ2n) is 6.54. The SMILES string of the molecule is C[C@H]1CN(CCCNC(=O)c2cc3c(s2)CCC3)C[C@H](C)O1. The first-order valence-corrected chi connectivity index (χ1v) is 9.21.